The lowest BCUT2D eigenvalue weighted by Gasteiger charge is -2.25. The van der Waals surface area contributed by atoms with Crippen molar-refractivity contribution in [3.05, 3.63) is 41.2 Å². The Labute approximate surface area is 186 Å². The summed E-state index contributed by atoms with van der Waals surface area (Å²) >= 11 is 0. The molecule has 2 aliphatic heterocycles. The number of ether oxygens (including phenoxy) is 2. The van der Waals surface area contributed by atoms with Gasteiger partial charge < -0.3 is 30.3 Å². The number of aliphatic hydroxyl groups is 2. The molecular formula is C20H26N4O7P+. The molecule has 4 N–H and O–H groups in total. The second-order valence-corrected chi connectivity index (χ2v) is 8.01. The molecule has 2 aromatic heterocycles. The zero-order valence-corrected chi connectivity index (χ0v) is 18.3. The van der Waals surface area contributed by atoms with Crippen molar-refractivity contribution in [3.63, 3.8) is 0 Å². The third-order valence-corrected chi connectivity index (χ3v) is 5.69. The molecule has 0 radical (unpaired) electrons. The summed E-state index contributed by atoms with van der Waals surface area (Å²) < 4.78 is 34.6. The van der Waals surface area contributed by atoms with Crippen molar-refractivity contribution < 1.29 is 33.3 Å². The Morgan fingerprint density at radius 3 is 2.41 bits per heavy atom. The first kappa shape index (κ1) is 22.8. The van der Waals surface area contributed by atoms with Crippen molar-refractivity contribution in [2.24, 2.45) is 0 Å². The predicted molar refractivity (Wildman–Crippen MR) is 114 cm³/mol. The van der Waals surface area contributed by atoms with Gasteiger partial charge in [-0.25, -0.2) is 19.0 Å². The van der Waals surface area contributed by atoms with E-state index in [0.29, 0.717) is 30.9 Å². The largest absolute Gasteiger partial charge is 0.808 e. The van der Waals surface area contributed by atoms with Crippen molar-refractivity contribution in [3.8, 4) is 11.8 Å². The van der Waals surface area contributed by atoms with Crippen molar-refractivity contribution in [1.29, 1.82) is 0 Å². The maximum Gasteiger partial charge on any atom is 0.808 e. The number of anilines is 1. The first-order valence-corrected chi connectivity index (χ1v) is 11.5. The SMILES string of the molecule is O=[P+](Oc1ccc2c(n1)C(OCCO)CNC2)Oc1ccc2c(n1)C(OCCO)CCN2. The molecule has 0 saturated carbocycles. The molecule has 0 spiro atoms. The van der Waals surface area contributed by atoms with Crippen LogP contribution in [0, 0.1) is 0 Å². The smallest absolute Gasteiger partial charge is 0.394 e. The van der Waals surface area contributed by atoms with Gasteiger partial charge in [-0.1, -0.05) is 6.07 Å². The van der Waals surface area contributed by atoms with Crippen molar-refractivity contribution in [1.82, 2.24) is 15.3 Å². The zero-order valence-electron chi connectivity index (χ0n) is 17.4. The molecule has 3 unspecified atom stereocenters. The van der Waals surface area contributed by atoms with Gasteiger partial charge in [-0.05, 0) is 18.1 Å². The van der Waals surface area contributed by atoms with Gasteiger partial charge in [-0.3, -0.25) is 0 Å². The third kappa shape index (κ3) is 5.50. The second kappa shape index (κ2) is 11.0. The summed E-state index contributed by atoms with van der Waals surface area (Å²) in [6.45, 7) is 2.15. The maximum absolute atomic E-state index is 12.5. The summed E-state index contributed by atoms with van der Waals surface area (Å²) in [7, 11) is -2.58. The minimum absolute atomic E-state index is 0.0785. The van der Waals surface area contributed by atoms with Crippen LogP contribution in [0.15, 0.2) is 24.3 Å². The van der Waals surface area contributed by atoms with Crippen molar-refractivity contribution >= 4 is 13.9 Å². The van der Waals surface area contributed by atoms with Gasteiger partial charge in [0.15, 0.2) is 0 Å². The van der Waals surface area contributed by atoms with E-state index in [2.05, 4.69) is 20.6 Å². The molecule has 4 rings (SSSR count). The van der Waals surface area contributed by atoms with Crippen LogP contribution < -0.4 is 19.7 Å². The minimum atomic E-state index is -2.58. The normalized spacial score (nSPS) is 20.0. The topological polar surface area (TPSA) is 144 Å². The summed E-state index contributed by atoms with van der Waals surface area (Å²) in [5.41, 5.74) is 3.07. The highest BCUT2D eigenvalue weighted by atomic mass is 31.1. The Morgan fingerprint density at radius 1 is 0.969 bits per heavy atom. The van der Waals surface area contributed by atoms with Gasteiger partial charge in [-0.15, -0.1) is 0 Å². The molecule has 0 bridgehead atoms. The number of nitrogens with zero attached hydrogens (tertiary/aromatic N) is 2. The zero-order chi connectivity index (χ0) is 22.3. The van der Waals surface area contributed by atoms with Crippen LogP contribution in [0.2, 0.25) is 0 Å². The predicted octanol–water partition coefficient (Wildman–Crippen LogP) is 1.61. The summed E-state index contributed by atoms with van der Waals surface area (Å²) in [6, 6.07) is 6.83. The fourth-order valence-electron chi connectivity index (χ4n) is 3.64. The molecule has 0 saturated heterocycles. The van der Waals surface area contributed by atoms with E-state index >= 15 is 0 Å². The van der Waals surface area contributed by atoms with Gasteiger partial charge in [0.25, 0.3) is 11.8 Å². The minimum Gasteiger partial charge on any atom is -0.394 e. The highest BCUT2D eigenvalue weighted by Crippen LogP contribution is 2.36. The number of aromatic nitrogens is 2. The van der Waals surface area contributed by atoms with Gasteiger partial charge in [0.1, 0.15) is 12.2 Å². The molecular weight excluding hydrogens is 439 g/mol. The van der Waals surface area contributed by atoms with E-state index in [9.17, 15) is 4.57 Å². The first-order chi connectivity index (χ1) is 15.7. The Bertz CT molecular complexity index is 875. The monoisotopic (exact) mass is 465 g/mol. The van der Waals surface area contributed by atoms with E-state index in [0.717, 1.165) is 17.8 Å². The van der Waals surface area contributed by atoms with E-state index in [1.54, 1.807) is 18.2 Å². The summed E-state index contributed by atoms with van der Waals surface area (Å²) in [6.07, 6.45) is 0.0749. The van der Waals surface area contributed by atoms with Crippen LogP contribution in [0.3, 0.4) is 0 Å². The number of aliphatic hydroxyl groups excluding tert-OH is 2. The third-order valence-electron chi connectivity index (χ3n) is 5.02. The number of fused-ring (bicyclic) bond motifs is 2. The average molecular weight is 465 g/mol. The molecule has 4 heterocycles. The van der Waals surface area contributed by atoms with Crippen LogP contribution in [0.4, 0.5) is 5.69 Å². The van der Waals surface area contributed by atoms with E-state index in [1.807, 2.05) is 6.07 Å². The van der Waals surface area contributed by atoms with E-state index in [1.165, 1.54) is 0 Å². The van der Waals surface area contributed by atoms with Gasteiger partial charge in [0.05, 0.1) is 43.5 Å². The molecule has 0 aromatic carbocycles. The lowest BCUT2D eigenvalue weighted by Crippen LogP contribution is -2.31. The van der Waals surface area contributed by atoms with E-state index in [-0.39, 0.29) is 50.4 Å². The molecule has 0 aliphatic carbocycles. The Balaban J connectivity index is 1.43. The van der Waals surface area contributed by atoms with Crippen LogP contribution in [0.1, 0.15) is 35.6 Å². The molecule has 32 heavy (non-hydrogen) atoms. The first-order valence-electron chi connectivity index (χ1n) is 10.4. The molecule has 11 nitrogen and oxygen atoms in total. The van der Waals surface area contributed by atoms with Crippen LogP contribution in [-0.4, -0.2) is 59.7 Å². The quantitative estimate of drug-likeness (QED) is 0.380. The number of hydrogen-bond donors (Lipinski definition) is 4. The summed E-state index contributed by atoms with van der Waals surface area (Å²) in [5.74, 6) is 0.283. The molecule has 2 aliphatic rings. The van der Waals surface area contributed by atoms with Crippen molar-refractivity contribution in [2.45, 2.75) is 25.2 Å². The molecule has 0 amide bonds. The van der Waals surface area contributed by atoms with Crippen molar-refractivity contribution in [2.75, 3.05) is 44.8 Å². The summed E-state index contributed by atoms with van der Waals surface area (Å²) in [5, 5.41) is 24.5. The Hall–Kier alpha value is -2.40. The fraction of sp³-hybridized carbons (Fsp3) is 0.500. The highest BCUT2D eigenvalue weighted by Gasteiger charge is 2.30. The van der Waals surface area contributed by atoms with Crippen LogP contribution in [0.5, 0.6) is 11.8 Å². The number of rotatable bonds is 10. The van der Waals surface area contributed by atoms with Crippen LogP contribution >= 0.6 is 8.25 Å². The molecule has 172 valence electrons. The maximum atomic E-state index is 12.5. The fourth-order valence-corrected chi connectivity index (χ4v) is 4.18. The number of hydrogen-bond acceptors (Lipinski definition) is 11. The molecule has 3 atom stereocenters. The van der Waals surface area contributed by atoms with E-state index < -0.39 is 8.25 Å². The van der Waals surface area contributed by atoms with Gasteiger partial charge in [-0.2, -0.15) is 0 Å². The Morgan fingerprint density at radius 2 is 1.66 bits per heavy atom. The molecule has 12 heteroatoms. The van der Waals surface area contributed by atoms with Gasteiger partial charge in [0, 0.05) is 36.3 Å². The number of nitrogens with one attached hydrogen (secondary N) is 2. The molecule has 2 aromatic rings. The lowest BCUT2D eigenvalue weighted by atomic mass is 10.1. The molecule has 0 fully saturated rings. The standard InChI is InChI=1S/C20H26N4O7P/c25-7-9-28-15-5-6-22-14-2-4-18(24-20(14)15)31-32(27)30-17-3-1-13-11-21-12-16(19(13)23-17)29-10-8-26/h1-4,15-16,21-22,25-26H,5-12H2/q+1. The summed E-state index contributed by atoms with van der Waals surface area (Å²) in [4.78, 5) is 8.86. The number of pyridine rings is 2. The van der Waals surface area contributed by atoms with Crippen LogP contribution in [-0.2, 0) is 20.6 Å². The van der Waals surface area contributed by atoms with Gasteiger partial charge in [0.2, 0.25) is 0 Å². The van der Waals surface area contributed by atoms with Crippen LogP contribution in [0.25, 0.3) is 0 Å². The highest BCUT2D eigenvalue weighted by molar-refractivity contribution is 7.34. The average Bonchev–Trinajstić information content (AvgIpc) is 2.81. The lowest BCUT2D eigenvalue weighted by molar-refractivity contribution is 0.0210. The van der Waals surface area contributed by atoms with E-state index in [4.69, 9.17) is 28.7 Å². The Kier molecular flexibility index (Phi) is 7.80. The second-order valence-electron chi connectivity index (χ2n) is 7.19. The van der Waals surface area contributed by atoms with Gasteiger partial charge >= 0.3 is 8.25 Å².